The first-order valence-electron chi connectivity index (χ1n) is 10.4. The largest absolute Gasteiger partial charge is 0.438 e. The summed E-state index contributed by atoms with van der Waals surface area (Å²) in [6.07, 6.45) is 0.819. The number of hydrogen-bond acceptors (Lipinski definition) is 8. The van der Waals surface area contributed by atoms with Gasteiger partial charge in [0.15, 0.2) is 5.76 Å². The minimum absolute atomic E-state index is 0.0653. The van der Waals surface area contributed by atoms with Crippen LogP contribution in [0.1, 0.15) is 23.4 Å². The van der Waals surface area contributed by atoms with Crippen LogP contribution in [0.15, 0.2) is 52.0 Å². The minimum Gasteiger partial charge on any atom is -0.438 e. The third kappa shape index (κ3) is 5.09. The smallest absolute Gasteiger partial charge is 0.284 e. The molecule has 0 atom stereocenters. The van der Waals surface area contributed by atoms with E-state index in [2.05, 4.69) is 15.4 Å². The second kappa shape index (κ2) is 9.50. The Bertz CT molecular complexity index is 1230. The highest BCUT2D eigenvalue weighted by atomic mass is 32.2. The fourth-order valence-corrected chi connectivity index (χ4v) is 4.80. The third-order valence-corrected chi connectivity index (χ3v) is 7.02. The zero-order chi connectivity index (χ0) is 23.4. The number of nitrogens with two attached hydrogens (primary N) is 1. The average Bonchev–Trinajstić information content (AvgIpc) is 3.50. The van der Waals surface area contributed by atoms with E-state index in [1.807, 2.05) is 30.3 Å². The van der Waals surface area contributed by atoms with Crippen molar-refractivity contribution < 1.29 is 22.4 Å². The first-order chi connectivity index (χ1) is 15.8. The highest BCUT2D eigenvalue weighted by Gasteiger charge is 2.32. The highest BCUT2D eigenvalue weighted by Crippen LogP contribution is 2.20. The van der Waals surface area contributed by atoms with Gasteiger partial charge < -0.3 is 15.1 Å². The minimum atomic E-state index is -3.90. The Kier molecular flexibility index (Phi) is 6.51. The SMILES string of the molecule is NC(=O)c1ccc(S(=O)(=O)N2CCN(C(=O)CCCn3nnc(-c4ccccc4)n3)CC2)o1. The fourth-order valence-electron chi connectivity index (χ4n) is 3.47. The molecular weight excluding hydrogens is 450 g/mol. The van der Waals surface area contributed by atoms with Crippen LogP contribution < -0.4 is 5.73 Å². The average molecular weight is 474 g/mol. The molecule has 1 aliphatic rings. The Morgan fingerprint density at radius 2 is 1.76 bits per heavy atom. The molecule has 33 heavy (non-hydrogen) atoms. The van der Waals surface area contributed by atoms with Gasteiger partial charge in [-0.1, -0.05) is 30.3 Å². The Hall–Kier alpha value is -3.58. The second-order valence-corrected chi connectivity index (χ2v) is 9.32. The van der Waals surface area contributed by atoms with E-state index in [9.17, 15) is 18.0 Å². The van der Waals surface area contributed by atoms with E-state index < -0.39 is 15.9 Å². The number of nitrogens with zero attached hydrogens (tertiary/aromatic N) is 6. The molecule has 0 bridgehead atoms. The van der Waals surface area contributed by atoms with Crippen molar-refractivity contribution in [3.63, 3.8) is 0 Å². The summed E-state index contributed by atoms with van der Waals surface area (Å²) < 4.78 is 31.7. The number of aryl methyl sites for hydroxylation is 1. The number of carbonyl (C=O) groups excluding carboxylic acids is 2. The molecule has 2 aromatic heterocycles. The summed E-state index contributed by atoms with van der Waals surface area (Å²) in [5.41, 5.74) is 5.98. The van der Waals surface area contributed by atoms with Crippen molar-refractivity contribution in [2.45, 2.75) is 24.5 Å². The van der Waals surface area contributed by atoms with Gasteiger partial charge in [-0.15, -0.1) is 10.2 Å². The van der Waals surface area contributed by atoms with Crippen molar-refractivity contribution in [3.8, 4) is 11.4 Å². The van der Waals surface area contributed by atoms with Crippen molar-refractivity contribution >= 4 is 21.8 Å². The first kappa shape index (κ1) is 22.6. The molecule has 2 amide bonds. The number of furan rings is 1. The zero-order valence-corrected chi connectivity index (χ0v) is 18.5. The zero-order valence-electron chi connectivity index (χ0n) is 17.7. The molecule has 13 heteroatoms. The van der Waals surface area contributed by atoms with Gasteiger partial charge in [-0.25, -0.2) is 8.42 Å². The molecule has 0 radical (unpaired) electrons. The van der Waals surface area contributed by atoms with E-state index in [0.29, 0.717) is 18.8 Å². The van der Waals surface area contributed by atoms with Gasteiger partial charge in [0, 0.05) is 38.2 Å². The van der Waals surface area contributed by atoms with Crippen LogP contribution in [0.5, 0.6) is 0 Å². The van der Waals surface area contributed by atoms with Crippen LogP contribution in [-0.2, 0) is 21.4 Å². The fraction of sp³-hybridized carbons (Fsp3) is 0.350. The molecule has 3 heterocycles. The molecule has 0 saturated carbocycles. The summed E-state index contributed by atoms with van der Waals surface area (Å²) in [5.74, 6) is -0.604. The van der Waals surface area contributed by atoms with Crippen LogP contribution >= 0.6 is 0 Å². The lowest BCUT2D eigenvalue weighted by Gasteiger charge is -2.33. The molecule has 1 saturated heterocycles. The number of sulfonamides is 1. The maximum absolute atomic E-state index is 12.7. The van der Waals surface area contributed by atoms with Gasteiger partial charge in [0.05, 0.1) is 6.54 Å². The quantitative estimate of drug-likeness (QED) is 0.491. The Morgan fingerprint density at radius 3 is 2.42 bits per heavy atom. The Morgan fingerprint density at radius 1 is 1.03 bits per heavy atom. The molecule has 3 aromatic rings. The van der Waals surface area contributed by atoms with Crippen molar-refractivity contribution in [3.05, 3.63) is 48.2 Å². The lowest BCUT2D eigenvalue weighted by molar-refractivity contribution is -0.132. The monoisotopic (exact) mass is 473 g/mol. The number of aromatic nitrogens is 4. The van der Waals surface area contributed by atoms with E-state index in [4.69, 9.17) is 10.2 Å². The maximum Gasteiger partial charge on any atom is 0.284 e. The van der Waals surface area contributed by atoms with Gasteiger partial charge in [-0.3, -0.25) is 9.59 Å². The van der Waals surface area contributed by atoms with Crippen molar-refractivity contribution in [1.29, 1.82) is 0 Å². The van der Waals surface area contributed by atoms with Gasteiger partial charge in [-0.05, 0) is 23.8 Å². The van der Waals surface area contributed by atoms with E-state index in [1.165, 1.54) is 21.2 Å². The molecule has 1 fully saturated rings. The summed E-state index contributed by atoms with van der Waals surface area (Å²) >= 11 is 0. The van der Waals surface area contributed by atoms with E-state index in [1.54, 1.807) is 4.90 Å². The molecule has 4 rings (SSSR count). The van der Waals surface area contributed by atoms with E-state index in [-0.39, 0.29) is 49.4 Å². The van der Waals surface area contributed by atoms with Crippen LogP contribution in [0.2, 0.25) is 0 Å². The van der Waals surface area contributed by atoms with Crippen molar-refractivity contribution in [2.24, 2.45) is 5.73 Å². The number of rotatable bonds is 8. The first-order valence-corrected chi connectivity index (χ1v) is 11.8. The number of primary amides is 1. The van der Waals surface area contributed by atoms with Gasteiger partial charge in [0.2, 0.25) is 16.8 Å². The number of piperazine rings is 1. The lowest BCUT2D eigenvalue weighted by atomic mass is 10.2. The highest BCUT2D eigenvalue weighted by molar-refractivity contribution is 7.89. The molecular formula is C20H23N7O5S. The van der Waals surface area contributed by atoms with Crippen LogP contribution in [0, 0.1) is 0 Å². The normalized spacial score (nSPS) is 15.0. The van der Waals surface area contributed by atoms with Crippen LogP contribution in [0.3, 0.4) is 0 Å². The van der Waals surface area contributed by atoms with E-state index >= 15 is 0 Å². The third-order valence-electron chi connectivity index (χ3n) is 5.24. The van der Waals surface area contributed by atoms with Crippen LogP contribution in [0.25, 0.3) is 11.4 Å². The number of hydrogen-bond donors (Lipinski definition) is 1. The van der Waals surface area contributed by atoms with Crippen molar-refractivity contribution in [1.82, 2.24) is 29.4 Å². The lowest BCUT2D eigenvalue weighted by Crippen LogP contribution is -2.50. The molecule has 0 spiro atoms. The number of carbonyl (C=O) groups is 2. The van der Waals surface area contributed by atoms with Gasteiger partial charge >= 0.3 is 0 Å². The predicted octanol–water partition coefficient (Wildman–Crippen LogP) is 0.345. The number of tetrazole rings is 1. The van der Waals surface area contributed by atoms with Crippen LogP contribution in [0.4, 0.5) is 0 Å². The summed E-state index contributed by atoms with van der Waals surface area (Å²) in [6, 6.07) is 11.9. The standard InChI is InChI=1S/C20H23N7O5S/c21-19(29)16-8-9-18(32-16)33(30,31)26-13-11-25(12-14-26)17(28)7-4-10-27-23-20(22-24-27)15-5-2-1-3-6-15/h1-3,5-6,8-9H,4,7,10-14H2,(H2,21,29). The second-order valence-electron chi connectivity index (χ2n) is 7.45. The Balaban J connectivity index is 1.25. The molecule has 174 valence electrons. The van der Waals surface area contributed by atoms with Gasteiger partial charge in [0.25, 0.3) is 15.9 Å². The summed E-state index contributed by atoms with van der Waals surface area (Å²) in [4.78, 5) is 26.8. The summed E-state index contributed by atoms with van der Waals surface area (Å²) in [7, 11) is -3.90. The maximum atomic E-state index is 12.7. The summed E-state index contributed by atoms with van der Waals surface area (Å²) in [6.45, 7) is 1.24. The van der Waals surface area contributed by atoms with Gasteiger partial charge in [0.1, 0.15) is 0 Å². The van der Waals surface area contributed by atoms with Crippen LogP contribution in [-0.4, -0.2) is 75.8 Å². The topological polar surface area (TPSA) is 158 Å². The number of amides is 2. The molecule has 12 nitrogen and oxygen atoms in total. The molecule has 0 unspecified atom stereocenters. The summed E-state index contributed by atoms with van der Waals surface area (Å²) in [5, 5.41) is 12.0. The molecule has 1 aromatic carbocycles. The Labute approximate surface area is 190 Å². The van der Waals surface area contributed by atoms with Crippen molar-refractivity contribution in [2.75, 3.05) is 26.2 Å². The number of benzene rings is 1. The predicted molar refractivity (Wildman–Crippen MR) is 115 cm³/mol. The molecule has 2 N–H and O–H groups in total. The molecule has 0 aliphatic carbocycles. The van der Waals surface area contributed by atoms with Gasteiger partial charge in [-0.2, -0.15) is 9.10 Å². The van der Waals surface area contributed by atoms with E-state index in [0.717, 1.165) is 5.56 Å². The molecule has 1 aliphatic heterocycles.